The van der Waals surface area contributed by atoms with Gasteiger partial charge in [-0.15, -0.1) is 0 Å². The van der Waals surface area contributed by atoms with Gasteiger partial charge >= 0.3 is 0 Å². The Labute approximate surface area is 101 Å². The van der Waals surface area contributed by atoms with E-state index in [0.717, 1.165) is 12.1 Å². The van der Waals surface area contributed by atoms with Crippen molar-refractivity contribution in [2.45, 2.75) is 19.6 Å². The molecular formula is C12H18N2O3. The van der Waals surface area contributed by atoms with Gasteiger partial charge in [0.1, 0.15) is 0 Å². The van der Waals surface area contributed by atoms with Crippen molar-refractivity contribution in [2.24, 2.45) is 5.73 Å². The summed E-state index contributed by atoms with van der Waals surface area (Å²) in [7, 11) is 3.42. The molecule has 0 saturated carbocycles. The predicted molar refractivity (Wildman–Crippen MR) is 65.0 cm³/mol. The molecule has 1 unspecified atom stereocenters. The van der Waals surface area contributed by atoms with Crippen molar-refractivity contribution in [3.05, 3.63) is 23.8 Å². The molecule has 1 rings (SSSR count). The Kier molecular flexibility index (Phi) is 4.78. The fraction of sp³-hybridized carbons (Fsp3) is 0.417. The molecule has 1 aromatic carbocycles. The topological polar surface area (TPSA) is 73.6 Å². The molecule has 1 atom stereocenters. The summed E-state index contributed by atoms with van der Waals surface area (Å²) >= 11 is 0. The lowest BCUT2D eigenvalue weighted by Gasteiger charge is -2.15. The smallest absolute Gasteiger partial charge is 0.258 e. The highest BCUT2D eigenvalue weighted by atomic mass is 16.5. The second kappa shape index (κ2) is 6.10. The van der Waals surface area contributed by atoms with E-state index in [2.05, 4.69) is 5.32 Å². The minimum Gasteiger partial charge on any atom is -0.493 e. The Hall–Kier alpha value is -1.75. The summed E-state index contributed by atoms with van der Waals surface area (Å²) < 4.78 is 10.6. The van der Waals surface area contributed by atoms with Gasteiger partial charge in [-0.3, -0.25) is 4.79 Å². The zero-order valence-electron chi connectivity index (χ0n) is 10.3. The number of amides is 1. The van der Waals surface area contributed by atoms with Gasteiger partial charge in [-0.05, 0) is 31.7 Å². The Morgan fingerprint density at radius 3 is 2.71 bits per heavy atom. The lowest BCUT2D eigenvalue weighted by molar-refractivity contribution is -0.124. The van der Waals surface area contributed by atoms with Gasteiger partial charge < -0.3 is 20.5 Å². The molecule has 0 spiro atoms. The third-order valence-corrected chi connectivity index (χ3v) is 2.31. The first-order valence-electron chi connectivity index (χ1n) is 5.36. The standard InChI is InChI=1S/C12H18N2O3/c1-8(12(13)15)17-10-5-4-9(7-14-2)6-11(10)16-3/h4-6,8,14H,7H2,1-3H3,(H2,13,15). The van der Waals surface area contributed by atoms with Gasteiger partial charge in [-0.25, -0.2) is 0 Å². The maximum Gasteiger partial charge on any atom is 0.258 e. The van der Waals surface area contributed by atoms with E-state index in [9.17, 15) is 4.79 Å². The highest BCUT2D eigenvalue weighted by Crippen LogP contribution is 2.28. The molecule has 5 heteroatoms. The van der Waals surface area contributed by atoms with Crippen molar-refractivity contribution >= 4 is 5.91 Å². The van der Waals surface area contributed by atoms with E-state index in [4.69, 9.17) is 15.2 Å². The number of rotatable bonds is 6. The molecule has 94 valence electrons. The molecule has 3 N–H and O–H groups in total. The van der Waals surface area contributed by atoms with Crippen LogP contribution in [0.15, 0.2) is 18.2 Å². The van der Waals surface area contributed by atoms with E-state index in [0.29, 0.717) is 11.5 Å². The van der Waals surface area contributed by atoms with Crippen molar-refractivity contribution in [2.75, 3.05) is 14.2 Å². The number of carbonyl (C=O) groups excluding carboxylic acids is 1. The molecular weight excluding hydrogens is 220 g/mol. The van der Waals surface area contributed by atoms with Gasteiger partial charge in [0.25, 0.3) is 5.91 Å². The van der Waals surface area contributed by atoms with E-state index in [1.807, 2.05) is 19.2 Å². The summed E-state index contributed by atoms with van der Waals surface area (Å²) in [4.78, 5) is 10.9. The number of methoxy groups -OCH3 is 1. The number of hydrogen-bond acceptors (Lipinski definition) is 4. The molecule has 0 bridgehead atoms. The fourth-order valence-electron chi connectivity index (χ4n) is 1.37. The SMILES string of the molecule is CNCc1ccc(OC(C)C(N)=O)c(OC)c1. The Morgan fingerprint density at radius 2 is 2.18 bits per heavy atom. The summed E-state index contributed by atoms with van der Waals surface area (Å²) in [6.45, 7) is 2.34. The van der Waals surface area contributed by atoms with Crippen LogP contribution in [-0.2, 0) is 11.3 Å². The first kappa shape index (κ1) is 13.3. The molecule has 1 aromatic rings. The van der Waals surface area contributed by atoms with Crippen molar-refractivity contribution in [3.63, 3.8) is 0 Å². The van der Waals surface area contributed by atoms with Crippen LogP contribution < -0.4 is 20.5 Å². The van der Waals surface area contributed by atoms with Gasteiger partial charge in [0.2, 0.25) is 0 Å². The molecule has 0 aliphatic rings. The third kappa shape index (κ3) is 3.64. The van der Waals surface area contributed by atoms with Crippen LogP contribution in [0.2, 0.25) is 0 Å². The van der Waals surface area contributed by atoms with Crippen molar-refractivity contribution in [1.29, 1.82) is 0 Å². The van der Waals surface area contributed by atoms with Gasteiger partial charge in [-0.1, -0.05) is 6.07 Å². The molecule has 0 aliphatic heterocycles. The fourth-order valence-corrected chi connectivity index (χ4v) is 1.37. The number of hydrogen-bond donors (Lipinski definition) is 2. The third-order valence-electron chi connectivity index (χ3n) is 2.31. The highest BCUT2D eigenvalue weighted by molar-refractivity contribution is 5.78. The number of primary amides is 1. The minimum absolute atomic E-state index is 0.508. The number of carbonyl (C=O) groups is 1. The van der Waals surface area contributed by atoms with Gasteiger partial charge in [0, 0.05) is 6.54 Å². The number of nitrogens with two attached hydrogens (primary N) is 1. The molecule has 0 heterocycles. The summed E-state index contributed by atoms with van der Waals surface area (Å²) in [6, 6.07) is 5.53. The van der Waals surface area contributed by atoms with E-state index < -0.39 is 12.0 Å². The van der Waals surface area contributed by atoms with Gasteiger partial charge in [0.15, 0.2) is 17.6 Å². The first-order valence-corrected chi connectivity index (χ1v) is 5.36. The Balaban J connectivity index is 2.88. The highest BCUT2D eigenvalue weighted by Gasteiger charge is 2.13. The van der Waals surface area contributed by atoms with Crippen LogP contribution in [0.3, 0.4) is 0 Å². The number of nitrogens with one attached hydrogen (secondary N) is 1. The summed E-state index contributed by atoms with van der Waals surface area (Å²) in [6.07, 6.45) is -0.681. The average Bonchev–Trinajstić information content (AvgIpc) is 2.31. The second-order valence-electron chi connectivity index (χ2n) is 3.68. The molecule has 17 heavy (non-hydrogen) atoms. The normalized spacial score (nSPS) is 11.9. The maximum atomic E-state index is 10.9. The summed E-state index contributed by atoms with van der Waals surface area (Å²) in [5, 5.41) is 3.04. The van der Waals surface area contributed by atoms with E-state index in [-0.39, 0.29) is 0 Å². The van der Waals surface area contributed by atoms with E-state index in [1.54, 1.807) is 20.1 Å². The van der Waals surface area contributed by atoms with Crippen LogP contribution in [0.5, 0.6) is 11.5 Å². The van der Waals surface area contributed by atoms with Gasteiger partial charge in [-0.2, -0.15) is 0 Å². The lowest BCUT2D eigenvalue weighted by Crippen LogP contribution is -2.30. The molecule has 0 fully saturated rings. The largest absolute Gasteiger partial charge is 0.493 e. The van der Waals surface area contributed by atoms with Crippen LogP contribution in [0, 0.1) is 0 Å². The van der Waals surface area contributed by atoms with E-state index in [1.165, 1.54) is 0 Å². The Morgan fingerprint density at radius 1 is 1.47 bits per heavy atom. The van der Waals surface area contributed by atoms with Crippen molar-refractivity contribution < 1.29 is 14.3 Å². The molecule has 0 aromatic heterocycles. The maximum absolute atomic E-state index is 10.9. The number of ether oxygens (including phenoxy) is 2. The molecule has 0 saturated heterocycles. The molecule has 1 amide bonds. The molecule has 5 nitrogen and oxygen atoms in total. The Bertz CT molecular complexity index is 393. The van der Waals surface area contributed by atoms with Crippen LogP contribution in [0.1, 0.15) is 12.5 Å². The average molecular weight is 238 g/mol. The van der Waals surface area contributed by atoms with Crippen molar-refractivity contribution in [3.8, 4) is 11.5 Å². The van der Waals surface area contributed by atoms with Crippen LogP contribution in [-0.4, -0.2) is 26.2 Å². The van der Waals surface area contributed by atoms with Crippen LogP contribution in [0.4, 0.5) is 0 Å². The molecule has 0 radical (unpaired) electrons. The molecule has 0 aliphatic carbocycles. The zero-order valence-corrected chi connectivity index (χ0v) is 10.3. The monoisotopic (exact) mass is 238 g/mol. The first-order chi connectivity index (χ1) is 8.08. The van der Waals surface area contributed by atoms with E-state index >= 15 is 0 Å². The van der Waals surface area contributed by atoms with Crippen molar-refractivity contribution in [1.82, 2.24) is 5.32 Å². The van der Waals surface area contributed by atoms with Gasteiger partial charge in [0.05, 0.1) is 7.11 Å². The predicted octanol–water partition coefficient (Wildman–Crippen LogP) is 0.667. The minimum atomic E-state index is -0.681. The summed E-state index contributed by atoms with van der Waals surface area (Å²) in [5.74, 6) is 0.593. The summed E-state index contributed by atoms with van der Waals surface area (Å²) in [5.41, 5.74) is 6.21. The lowest BCUT2D eigenvalue weighted by atomic mass is 10.2. The number of benzene rings is 1. The van der Waals surface area contributed by atoms with Crippen LogP contribution >= 0.6 is 0 Å². The quantitative estimate of drug-likeness (QED) is 0.764. The zero-order chi connectivity index (χ0) is 12.8. The second-order valence-corrected chi connectivity index (χ2v) is 3.68. The van der Waals surface area contributed by atoms with Crippen LogP contribution in [0.25, 0.3) is 0 Å².